The third-order valence-corrected chi connectivity index (χ3v) is 3.55. The second-order valence-electron chi connectivity index (χ2n) is 4.48. The molecular weight excluding hydrogens is 274 g/mol. The molecule has 0 spiro atoms. The number of nitrogens with one attached hydrogen (secondary N) is 1. The molecule has 1 fully saturated rings. The van der Waals surface area contributed by atoms with E-state index in [2.05, 4.69) is 15.4 Å². The molecule has 0 aliphatic carbocycles. The number of hydrazone groups is 1. The highest BCUT2D eigenvalue weighted by Crippen LogP contribution is 2.22. The van der Waals surface area contributed by atoms with Gasteiger partial charge in [-0.2, -0.15) is 5.10 Å². The first-order valence-electron chi connectivity index (χ1n) is 6.54. The zero-order chi connectivity index (χ0) is 14.4. The van der Waals surface area contributed by atoms with Gasteiger partial charge in [0.1, 0.15) is 11.5 Å². The molecule has 1 heterocycles. The van der Waals surface area contributed by atoms with E-state index in [0.717, 1.165) is 24.4 Å². The highest BCUT2D eigenvalue weighted by atomic mass is 32.1. The molecule has 0 atom stereocenters. The lowest BCUT2D eigenvalue weighted by Crippen LogP contribution is -2.34. The molecule has 1 aromatic rings. The average molecular weight is 293 g/mol. The molecule has 0 amide bonds. The van der Waals surface area contributed by atoms with Crippen molar-refractivity contribution in [3.63, 3.8) is 0 Å². The van der Waals surface area contributed by atoms with Crippen LogP contribution in [-0.2, 0) is 0 Å². The Kier molecular flexibility index (Phi) is 5.17. The standard InChI is InChI=1S/C14H19N3O2S/c1-18-12-6-5-11(13(9-12)19-2)10-15-16-14(20)17-7-3-4-8-17/h5-6,9-10H,3-4,7-8H2,1-2H3,(H,16,20). The summed E-state index contributed by atoms with van der Waals surface area (Å²) in [5, 5.41) is 4.84. The van der Waals surface area contributed by atoms with E-state index in [1.807, 2.05) is 18.2 Å². The van der Waals surface area contributed by atoms with Crippen molar-refractivity contribution in [3.05, 3.63) is 23.8 Å². The summed E-state index contributed by atoms with van der Waals surface area (Å²) in [6.07, 6.45) is 4.08. The van der Waals surface area contributed by atoms with Gasteiger partial charge in [0.05, 0.1) is 20.4 Å². The van der Waals surface area contributed by atoms with Crippen molar-refractivity contribution in [2.24, 2.45) is 5.10 Å². The number of rotatable bonds is 4. The summed E-state index contributed by atoms with van der Waals surface area (Å²) in [5.41, 5.74) is 3.76. The molecule has 20 heavy (non-hydrogen) atoms. The van der Waals surface area contributed by atoms with Crippen LogP contribution in [0.25, 0.3) is 0 Å². The summed E-state index contributed by atoms with van der Waals surface area (Å²) in [4.78, 5) is 2.12. The number of likely N-dealkylation sites (tertiary alicyclic amines) is 1. The second kappa shape index (κ2) is 7.09. The monoisotopic (exact) mass is 293 g/mol. The molecular formula is C14H19N3O2S. The van der Waals surface area contributed by atoms with E-state index in [0.29, 0.717) is 10.9 Å². The Morgan fingerprint density at radius 2 is 2.05 bits per heavy atom. The summed E-state index contributed by atoms with van der Waals surface area (Å²) in [5.74, 6) is 1.46. The van der Waals surface area contributed by atoms with Gasteiger partial charge in [0.15, 0.2) is 5.11 Å². The molecule has 108 valence electrons. The zero-order valence-corrected chi connectivity index (χ0v) is 12.6. The molecule has 0 radical (unpaired) electrons. The maximum absolute atomic E-state index is 5.30. The van der Waals surface area contributed by atoms with Gasteiger partial charge in [0.2, 0.25) is 0 Å². The summed E-state index contributed by atoms with van der Waals surface area (Å²) in [6, 6.07) is 5.57. The normalized spacial score (nSPS) is 14.6. The molecule has 0 unspecified atom stereocenters. The van der Waals surface area contributed by atoms with Crippen LogP contribution in [0.1, 0.15) is 18.4 Å². The topological polar surface area (TPSA) is 46.1 Å². The summed E-state index contributed by atoms with van der Waals surface area (Å²) < 4.78 is 10.5. The number of ether oxygens (including phenoxy) is 2. The summed E-state index contributed by atoms with van der Waals surface area (Å²) >= 11 is 5.28. The second-order valence-corrected chi connectivity index (χ2v) is 4.86. The van der Waals surface area contributed by atoms with Crippen molar-refractivity contribution in [2.75, 3.05) is 27.3 Å². The van der Waals surface area contributed by atoms with Crippen LogP contribution in [0, 0.1) is 0 Å². The largest absolute Gasteiger partial charge is 0.497 e. The summed E-state index contributed by atoms with van der Waals surface area (Å²) in [6.45, 7) is 2.01. The minimum atomic E-state index is 0.672. The molecule has 1 aliphatic rings. The first kappa shape index (κ1) is 14.6. The fraction of sp³-hybridized carbons (Fsp3) is 0.429. The minimum absolute atomic E-state index is 0.672. The van der Waals surface area contributed by atoms with Gasteiger partial charge in [0, 0.05) is 24.7 Å². The van der Waals surface area contributed by atoms with Crippen LogP contribution < -0.4 is 14.9 Å². The van der Waals surface area contributed by atoms with Gasteiger partial charge in [-0.3, -0.25) is 5.43 Å². The number of benzene rings is 1. The van der Waals surface area contributed by atoms with Crippen LogP contribution >= 0.6 is 12.2 Å². The highest BCUT2D eigenvalue weighted by molar-refractivity contribution is 7.80. The fourth-order valence-corrected chi connectivity index (χ4v) is 2.31. The Morgan fingerprint density at radius 1 is 1.30 bits per heavy atom. The predicted octanol–water partition coefficient (Wildman–Crippen LogP) is 2.01. The molecule has 2 rings (SSSR count). The lowest BCUT2D eigenvalue weighted by atomic mass is 10.2. The number of hydrogen-bond acceptors (Lipinski definition) is 4. The molecule has 1 aliphatic heterocycles. The van der Waals surface area contributed by atoms with Crippen molar-refractivity contribution in [2.45, 2.75) is 12.8 Å². The third kappa shape index (κ3) is 3.60. The Bertz CT molecular complexity index is 499. The van der Waals surface area contributed by atoms with Crippen LogP contribution in [0.3, 0.4) is 0 Å². The lowest BCUT2D eigenvalue weighted by molar-refractivity contribution is 0.394. The quantitative estimate of drug-likeness (QED) is 0.523. The molecule has 1 aromatic carbocycles. The molecule has 0 bridgehead atoms. The van der Waals surface area contributed by atoms with E-state index >= 15 is 0 Å². The van der Waals surface area contributed by atoms with Gasteiger partial charge >= 0.3 is 0 Å². The first-order chi connectivity index (χ1) is 9.74. The molecule has 1 N–H and O–H groups in total. The number of nitrogens with zero attached hydrogens (tertiary/aromatic N) is 2. The van der Waals surface area contributed by atoms with E-state index < -0.39 is 0 Å². The summed E-state index contributed by atoms with van der Waals surface area (Å²) in [7, 11) is 3.24. The van der Waals surface area contributed by atoms with Crippen LogP contribution in [0.5, 0.6) is 11.5 Å². The maximum Gasteiger partial charge on any atom is 0.189 e. The molecule has 6 heteroatoms. The van der Waals surface area contributed by atoms with Crippen LogP contribution in [0.15, 0.2) is 23.3 Å². The van der Waals surface area contributed by atoms with Crippen LogP contribution in [0.4, 0.5) is 0 Å². The Balaban J connectivity index is 1.98. The molecule has 0 saturated carbocycles. The van der Waals surface area contributed by atoms with Gasteiger partial charge in [0.25, 0.3) is 0 Å². The zero-order valence-electron chi connectivity index (χ0n) is 11.8. The first-order valence-corrected chi connectivity index (χ1v) is 6.95. The SMILES string of the molecule is COc1ccc(C=NNC(=S)N2CCCC2)c(OC)c1. The smallest absolute Gasteiger partial charge is 0.189 e. The van der Waals surface area contributed by atoms with Gasteiger partial charge in [-0.1, -0.05) is 0 Å². The van der Waals surface area contributed by atoms with E-state index in [4.69, 9.17) is 21.7 Å². The van der Waals surface area contributed by atoms with E-state index in [-0.39, 0.29) is 0 Å². The average Bonchev–Trinajstić information content (AvgIpc) is 3.01. The third-order valence-electron chi connectivity index (χ3n) is 3.20. The van der Waals surface area contributed by atoms with Crippen molar-refractivity contribution in [3.8, 4) is 11.5 Å². The van der Waals surface area contributed by atoms with Crippen LogP contribution in [-0.4, -0.2) is 43.5 Å². The van der Waals surface area contributed by atoms with E-state index in [9.17, 15) is 0 Å². The predicted molar refractivity (Wildman–Crippen MR) is 83.7 cm³/mol. The molecule has 0 aromatic heterocycles. The van der Waals surface area contributed by atoms with Crippen LogP contribution in [0.2, 0.25) is 0 Å². The van der Waals surface area contributed by atoms with Gasteiger partial charge in [-0.05, 0) is 37.2 Å². The number of thiocarbonyl (C=S) groups is 1. The van der Waals surface area contributed by atoms with E-state index in [1.165, 1.54) is 12.8 Å². The highest BCUT2D eigenvalue weighted by Gasteiger charge is 2.13. The van der Waals surface area contributed by atoms with Gasteiger partial charge in [-0.25, -0.2) is 0 Å². The van der Waals surface area contributed by atoms with Gasteiger partial charge < -0.3 is 14.4 Å². The van der Waals surface area contributed by atoms with Crippen molar-refractivity contribution in [1.82, 2.24) is 10.3 Å². The van der Waals surface area contributed by atoms with Crippen molar-refractivity contribution >= 4 is 23.5 Å². The fourth-order valence-electron chi connectivity index (χ4n) is 2.07. The Hall–Kier alpha value is -1.82. The van der Waals surface area contributed by atoms with E-state index in [1.54, 1.807) is 20.4 Å². The maximum atomic E-state index is 5.30. The number of methoxy groups -OCH3 is 2. The molecule has 5 nitrogen and oxygen atoms in total. The van der Waals surface area contributed by atoms with Gasteiger partial charge in [-0.15, -0.1) is 0 Å². The Labute approximate surface area is 124 Å². The van der Waals surface area contributed by atoms with Crippen molar-refractivity contribution < 1.29 is 9.47 Å². The Morgan fingerprint density at radius 3 is 2.70 bits per heavy atom. The lowest BCUT2D eigenvalue weighted by Gasteiger charge is -2.16. The van der Waals surface area contributed by atoms with Crippen molar-refractivity contribution in [1.29, 1.82) is 0 Å². The number of hydrogen-bond donors (Lipinski definition) is 1. The minimum Gasteiger partial charge on any atom is -0.497 e. The molecule has 1 saturated heterocycles.